The minimum absolute atomic E-state index is 0.301. The molecule has 0 aliphatic rings. The molecule has 0 atom stereocenters. The maximum absolute atomic E-state index is 13.0. The normalized spacial score (nSPS) is 10.8. The van der Waals surface area contributed by atoms with Crippen LogP contribution in [0.25, 0.3) is 11.3 Å². The molecule has 0 radical (unpaired) electrons. The fourth-order valence-corrected chi connectivity index (χ4v) is 2.34. The van der Waals surface area contributed by atoms with Crippen molar-refractivity contribution in [1.82, 2.24) is 20.0 Å². The number of nitrogens with one attached hydrogen (secondary N) is 2. The van der Waals surface area contributed by atoms with Gasteiger partial charge in [0.15, 0.2) is 0 Å². The summed E-state index contributed by atoms with van der Waals surface area (Å²) in [6.07, 6.45) is 0. The van der Waals surface area contributed by atoms with Gasteiger partial charge in [-0.25, -0.2) is 4.39 Å². The first kappa shape index (κ1) is 15.0. The van der Waals surface area contributed by atoms with Crippen molar-refractivity contribution in [3.8, 4) is 11.3 Å². The highest BCUT2D eigenvalue weighted by molar-refractivity contribution is 6.04. The van der Waals surface area contributed by atoms with E-state index in [1.807, 2.05) is 20.9 Å². The zero-order valence-corrected chi connectivity index (χ0v) is 13.0. The van der Waals surface area contributed by atoms with Crippen LogP contribution in [0.5, 0.6) is 0 Å². The van der Waals surface area contributed by atoms with E-state index in [0.717, 1.165) is 17.0 Å². The number of nitrogens with zero attached hydrogens (tertiary/aromatic N) is 3. The number of carbonyl (C=O) groups excluding carboxylic acids is 1. The quantitative estimate of drug-likeness (QED) is 0.780. The summed E-state index contributed by atoms with van der Waals surface area (Å²) in [5.74, 6) is -0.616. The highest BCUT2D eigenvalue weighted by Gasteiger charge is 2.16. The number of aryl methyl sites for hydroxylation is 2. The van der Waals surface area contributed by atoms with Gasteiger partial charge in [-0.1, -0.05) is 0 Å². The molecule has 7 heteroatoms. The number of aromatic amines is 1. The van der Waals surface area contributed by atoms with Crippen LogP contribution < -0.4 is 5.32 Å². The molecule has 0 aliphatic carbocycles. The van der Waals surface area contributed by atoms with Crippen LogP contribution in [0.4, 0.5) is 10.1 Å². The maximum Gasteiger partial charge on any atom is 0.273 e. The Kier molecular flexibility index (Phi) is 3.69. The first-order chi connectivity index (χ1) is 11.0. The van der Waals surface area contributed by atoms with E-state index < -0.39 is 0 Å². The van der Waals surface area contributed by atoms with Crippen molar-refractivity contribution < 1.29 is 9.18 Å². The predicted molar refractivity (Wildman–Crippen MR) is 84.6 cm³/mol. The lowest BCUT2D eigenvalue weighted by molar-refractivity contribution is 0.102. The third-order valence-electron chi connectivity index (χ3n) is 3.71. The molecule has 3 aromatic rings. The van der Waals surface area contributed by atoms with Gasteiger partial charge in [-0.15, -0.1) is 0 Å². The molecule has 1 aromatic carbocycles. The Balaban J connectivity index is 1.82. The molecule has 0 spiro atoms. The van der Waals surface area contributed by atoms with Crippen molar-refractivity contribution in [2.45, 2.75) is 13.8 Å². The van der Waals surface area contributed by atoms with Crippen molar-refractivity contribution in [1.29, 1.82) is 0 Å². The maximum atomic E-state index is 13.0. The topological polar surface area (TPSA) is 75.6 Å². The van der Waals surface area contributed by atoms with Gasteiger partial charge in [0.25, 0.3) is 5.91 Å². The van der Waals surface area contributed by atoms with Gasteiger partial charge in [0.05, 0.1) is 22.8 Å². The number of halogens is 1. The van der Waals surface area contributed by atoms with Crippen LogP contribution in [0, 0.1) is 19.7 Å². The molecule has 1 amide bonds. The third-order valence-corrected chi connectivity index (χ3v) is 3.71. The van der Waals surface area contributed by atoms with E-state index in [4.69, 9.17) is 0 Å². The Bertz CT molecular complexity index is 863. The lowest BCUT2D eigenvalue weighted by atomic mass is 10.1. The molecule has 2 N–H and O–H groups in total. The van der Waals surface area contributed by atoms with Gasteiger partial charge in [0.1, 0.15) is 11.5 Å². The van der Waals surface area contributed by atoms with Crippen LogP contribution in [0.15, 0.2) is 30.3 Å². The SMILES string of the molecule is Cc1nn(C)c(C)c1NC(=O)c1cc(-c2ccc(F)cc2)n[nH]1. The van der Waals surface area contributed by atoms with E-state index in [-0.39, 0.29) is 11.7 Å². The second kappa shape index (κ2) is 5.68. The highest BCUT2D eigenvalue weighted by atomic mass is 19.1. The molecular weight excluding hydrogens is 297 g/mol. The van der Waals surface area contributed by atoms with Crippen molar-refractivity contribution >= 4 is 11.6 Å². The summed E-state index contributed by atoms with van der Waals surface area (Å²) in [4.78, 5) is 12.3. The molecule has 0 saturated heterocycles. The van der Waals surface area contributed by atoms with Gasteiger partial charge in [-0.05, 0) is 44.2 Å². The number of H-pyrrole nitrogens is 1. The van der Waals surface area contributed by atoms with E-state index in [0.29, 0.717) is 17.1 Å². The van der Waals surface area contributed by atoms with E-state index in [1.165, 1.54) is 12.1 Å². The zero-order chi connectivity index (χ0) is 16.6. The number of aromatic nitrogens is 4. The summed E-state index contributed by atoms with van der Waals surface area (Å²) in [6.45, 7) is 3.71. The van der Waals surface area contributed by atoms with E-state index >= 15 is 0 Å². The van der Waals surface area contributed by atoms with Crippen LogP contribution in [0.1, 0.15) is 21.9 Å². The molecule has 2 aromatic heterocycles. The Morgan fingerprint density at radius 2 is 1.96 bits per heavy atom. The van der Waals surface area contributed by atoms with Gasteiger partial charge in [0.2, 0.25) is 0 Å². The third kappa shape index (κ3) is 2.85. The highest BCUT2D eigenvalue weighted by Crippen LogP contribution is 2.21. The minimum atomic E-state index is -0.315. The molecule has 0 saturated carbocycles. The number of anilines is 1. The van der Waals surface area contributed by atoms with Crippen LogP contribution in [0.3, 0.4) is 0 Å². The summed E-state index contributed by atoms with van der Waals surface area (Å²) < 4.78 is 14.7. The second-order valence-corrected chi connectivity index (χ2v) is 5.30. The average Bonchev–Trinajstić information content (AvgIpc) is 3.09. The van der Waals surface area contributed by atoms with Crippen LogP contribution >= 0.6 is 0 Å². The molecule has 3 rings (SSSR count). The number of hydrogen-bond donors (Lipinski definition) is 2. The molecule has 0 unspecified atom stereocenters. The molecule has 0 fully saturated rings. The largest absolute Gasteiger partial charge is 0.318 e. The Morgan fingerprint density at radius 3 is 2.57 bits per heavy atom. The lowest BCUT2D eigenvalue weighted by Gasteiger charge is -2.03. The zero-order valence-electron chi connectivity index (χ0n) is 13.0. The van der Waals surface area contributed by atoms with Gasteiger partial charge in [0, 0.05) is 12.6 Å². The first-order valence-electron chi connectivity index (χ1n) is 7.08. The summed E-state index contributed by atoms with van der Waals surface area (Å²) >= 11 is 0. The predicted octanol–water partition coefficient (Wildman–Crippen LogP) is 2.82. The van der Waals surface area contributed by atoms with E-state index in [9.17, 15) is 9.18 Å². The molecule has 118 valence electrons. The van der Waals surface area contributed by atoms with Gasteiger partial charge >= 0.3 is 0 Å². The minimum Gasteiger partial charge on any atom is -0.318 e. The Labute approximate surface area is 132 Å². The van der Waals surface area contributed by atoms with Crippen LogP contribution in [0.2, 0.25) is 0 Å². The number of rotatable bonds is 3. The molecule has 0 bridgehead atoms. The number of amides is 1. The fourth-order valence-electron chi connectivity index (χ4n) is 2.34. The molecular formula is C16H16FN5O. The molecule has 2 heterocycles. The van der Waals surface area contributed by atoms with E-state index in [1.54, 1.807) is 22.9 Å². The first-order valence-corrected chi connectivity index (χ1v) is 7.08. The van der Waals surface area contributed by atoms with Gasteiger partial charge in [-0.2, -0.15) is 10.2 Å². The average molecular weight is 313 g/mol. The van der Waals surface area contributed by atoms with Gasteiger partial charge < -0.3 is 5.32 Å². The summed E-state index contributed by atoms with van der Waals surface area (Å²) in [5.41, 5.74) is 3.94. The van der Waals surface area contributed by atoms with Crippen molar-refractivity contribution in [2.24, 2.45) is 7.05 Å². The summed E-state index contributed by atoms with van der Waals surface area (Å²) in [7, 11) is 1.82. The van der Waals surface area contributed by atoms with E-state index in [2.05, 4.69) is 20.6 Å². The van der Waals surface area contributed by atoms with Crippen molar-refractivity contribution in [2.75, 3.05) is 5.32 Å². The fraction of sp³-hybridized carbons (Fsp3) is 0.188. The van der Waals surface area contributed by atoms with Crippen LogP contribution in [-0.2, 0) is 7.05 Å². The summed E-state index contributed by atoms with van der Waals surface area (Å²) in [5, 5.41) is 13.9. The Hall–Kier alpha value is -2.96. The molecule has 0 aliphatic heterocycles. The Morgan fingerprint density at radius 1 is 1.26 bits per heavy atom. The standard InChI is InChI=1S/C16H16FN5O/c1-9-15(10(2)22(3)21-9)18-16(23)14-8-13(19-20-14)11-4-6-12(17)7-5-11/h4-8H,1-3H3,(H,18,23)(H,19,20). The van der Waals surface area contributed by atoms with Crippen molar-refractivity contribution in [3.05, 3.63) is 53.2 Å². The molecule has 23 heavy (non-hydrogen) atoms. The summed E-state index contributed by atoms with van der Waals surface area (Å²) in [6, 6.07) is 7.56. The smallest absolute Gasteiger partial charge is 0.273 e. The number of benzene rings is 1. The van der Waals surface area contributed by atoms with Gasteiger partial charge in [-0.3, -0.25) is 14.6 Å². The van der Waals surface area contributed by atoms with Crippen molar-refractivity contribution in [3.63, 3.8) is 0 Å². The lowest BCUT2D eigenvalue weighted by Crippen LogP contribution is -2.13. The molecule has 6 nitrogen and oxygen atoms in total. The monoisotopic (exact) mass is 313 g/mol. The number of carbonyl (C=O) groups is 1. The van der Waals surface area contributed by atoms with Crippen LogP contribution in [-0.4, -0.2) is 25.9 Å². The number of hydrogen-bond acceptors (Lipinski definition) is 3. The second-order valence-electron chi connectivity index (χ2n) is 5.30.